The molecule has 0 aromatic carbocycles. The third-order valence-corrected chi connectivity index (χ3v) is 3.78. The van der Waals surface area contributed by atoms with E-state index in [0.717, 1.165) is 6.04 Å². The van der Waals surface area contributed by atoms with E-state index in [1.807, 2.05) is 6.08 Å². The average molecular weight is 253 g/mol. The molecular weight excluding hydrogens is 218 g/mol. The molecule has 0 saturated heterocycles. The Morgan fingerprint density at radius 2 is 1.44 bits per heavy atom. The SMILES string of the molecule is C=CCCCCCC(CCCCCCCC)NC. The van der Waals surface area contributed by atoms with Crippen LogP contribution in [0.5, 0.6) is 0 Å². The van der Waals surface area contributed by atoms with E-state index < -0.39 is 0 Å². The van der Waals surface area contributed by atoms with Gasteiger partial charge in [-0.25, -0.2) is 0 Å². The predicted octanol–water partition coefficient (Wildman–Crippen LogP) is 5.46. The smallest absolute Gasteiger partial charge is 0.00640 e. The second-order valence-corrected chi connectivity index (χ2v) is 5.47. The minimum Gasteiger partial charge on any atom is -0.317 e. The van der Waals surface area contributed by atoms with E-state index >= 15 is 0 Å². The van der Waals surface area contributed by atoms with Crippen LogP contribution in [0, 0.1) is 0 Å². The van der Waals surface area contributed by atoms with Crippen LogP contribution >= 0.6 is 0 Å². The first-order valence-electron chi connectivity index (χ1n) is 8.13. The van der Waals surface area contributed by atoms with Crippen LogP contribution in [0.1, 0.15) is 84.0 Å². The maximum atomic E-state index is 3.77. The van der Waals surface area contributed by atoms with Gasteiger partial charge in [0.1, 0.15) is 0 Å². The molecule has 0 aromatic rings. The van der Waals surface area contributed by atoms with Crippen molar-refractivity contribution in [3.63, 3.8) is 0 Å². The fourth-order valence-electron chi connectivity index (χ4n) is 2.46. The predicted molar refractivity (Wildman–Crippen MR) is 84.1 cm³/mol. The zero-order valence-electron chi connectivity index (χ0n) is 12.8. The van der Waals surface area contributed by atoms with Crippen LogP contribution in [0.4, 0.5) is 0 Å². The molecule has 0 aromatic heterocycles. The standard InChI is InChI=1S/C17H35N/c1-4-6-8-10-12-14-16-17(18-3)15-13-11-9-7-5-2/h5,17-18H,2,4,6-16H2,1,3H3. The molecule has 0 amide bonds. The van der Waals surface area contributed by atoms with E-state index in [0.29, 0.717) is 0 Å². The van der Waals surface area contributed by atoms with Crippen LogP contribution in [0.15, 0.2) is 12.7 Å². The molecule has 1 unspecified atom stereocenters. The Morgan fingerprint density at radius 3 is 2.00 bits per heavy atom. The average Bonchev–Trinajstić information content (AvgIpc) is 2.40. The lowest BCUT2D eigenvalue weighted by atomic mass is 10.0. The third-order valence-electron chi connectivity index (χ3n) is 3.78. The van der Waals surface area contributed by atoms with Gasteiger partial charge in [-0.2, -0.15) is 0 Å². The first kappa shape index (κ1) is 17.7. The van der Waals surface area contributed by atoms with Crippen LogP contribution in [0.25, 0.3) is 0 Å². The summed E-state index contributed by atoms with van der Waals surface area (Å²) in [7, 11) is 2.12. The minimum atomic E-state index is 0.750. The van der Waals surface area contributed by atoms with Crippen molar-refractivity contribution in [3.05, 3.63) is 12.7 Å². The summed E-state index contributed by atoms with van der Waals surface area (Å²) in [4.78, 5) is 0. The summed E-state index contributed by atoms with van der Waals surface area (Å²) in [6, 6.07) is 0.750. The van der Waals surface area contributed by atoms with E-state index in [1.165, 1.54) is 77.0 Å². The molecule has 0 aliphatic heterocycles. The lowest BCUT2D eigenvalue weighted by molar-refractivity contribution is 0.439. The lowest BCUT2D eigenvalue weighted by Gasteiger charge is -2.15. The molecular formula is C17H35N. The zero-order valence-corrected chi connectivity index (χ0v) is 12.8. The topological polar surface area (TPSA) is 12.0 Å². The van der Waals surface area contributed by atoms with Gasteiger partial charge in [-0.05, 0) is 32.7 Å². The molecule has 1 N–H and O–H groups in total. The highest BCUT2D eigenvalue weighted by molar-refractivity contribution is 4.68. The van der Waals surface area contributed by atoms with Gasteiger partial charge in [0, 0.05) is 6.04 Å². The summed E-state index contributed by atoms with van der Waals surface area (Å²) in [5.41, 5.74) is 0. The monoisotopic (exact) mass is 253 g/mol. The second kappa shape index (κ2) is 14.8. The molecule has 0 fully saturated rings. The second-order valence-electron chi connectivity index (χ2n) is 5.47. The van der Waals surface area contributed by atoms with E-state index in [1.54, 1.807) is 0 Å². The minimum absolute atomic E-state index is 0.750. The number of hydrogen-bond acceptors (Lipinski definition) is 1. The van der Waals surface area contributed by atoms with Crippen molar-refractivity contribution >= 4 is 0 Å². The van der Waals surface area contributed by atoms with Gasteiger partial charge in [-0.3, -0.25) is 0 Å². The summed E-state index contributed by atoms with van der Waals surface area (Å²) in [5.74, 6) is 0. The van der Waals surface area contributed by atoms with Crippen LogP contribution in [0.3, 0.4) is 0 Å². The Hall–Kier alpha value is -0.300. The highest BCUT2D eigenvalue weighted by atomic mass is 14.9. The number of allylic oxidation sites excluding steroid dienone is 1. The fraction of sp³-hybridized carbons (Fsp3) is 0.882. The number of hydrogen-bond donors (Lipinski definition) is 1. The van der Waals surface area contributed by atoms with Crippen molar-refractivity contribution in [1.82, 2.24) is 5.32 Å². The molecule has 0 aliphatic carbocycles. The summed E-state index contributed by atoms with van der Waals surface area (Å²) >= 11 is 0. The van der Waals surface area contributed by atoms with E-state index in [-0.39, 0.29) is 0 Å². The summed E-state index contributed by atoms with van der Waals surface area (Å²) in [6.07, 6.45) is 18.4. The van der Waals surface area contributed by atoms with E-state index in [9.17, 15) is 0 Å². The van der Waals surface area contributed by atoms with Crippen molar-refractivity contribution in [2.75, 3.05) is 7.05 Å². The Kier molecular flexibility index (Phi) is 14.5. The lowest BCUT2D eigenvalue weighted by Crippen LogP contribution is -2.24. The van der Waals surface area contributed by atoms with Crippen LogP contribution in [-0.2, 0) is 0 Å². The van der Waals surface area contributed by atoms with Gasteiger partial charge < -0.3 is 5.32 Å². The summed E-state index contributed by atoms with van der Waals surface area (Å²) in [5, 5.41) is 3.47. The molecule has 0 rings (SSSR count). The molecule has 1 atom stereocenters. The molecule has 0 spiro atoms. The number of unbranched alkanes of at least 4 members (excludes halogenated alkanes) is 8. The molecule has 0 bridgehead atoms. The van der Waals surface area contributed by atoms with Gasteiger partial charge in [0.2, 0.25) is 0 Å². The quantitative estimate of drug-likeness (QED) is 0.320. The van der Waals surface area contributed by atoms with Crippen molar-refractivity contribution in [2.45, 2.75) is 90.0 Å². The third kappa shape index (κ3) is 12.2. The fourth-order valence-corrected chi connectivity index (χ4v) is 2.46. The van der Waals surface area contributed by atoms with E-state index in [2.05, 4.69) is 25.9 Å². The Morgan fingerprint density at radius 1 is 0.889 bits per heavy atom. The van der Waals surface area contributed by atoms with Gasteiger partial charge in [0.05, 0.1) is 0 Å². The largest absolute Gasteiger partial charge is 0.317 e. The zero-order chi connectivity index (χ0) is 13.5. The summed E-state index contributed by atoms with van der Waals surface area (Å²) in [6.45, 7) is 6.05. The van der Waals surface area contributed by atoms with Gasteiger partial charge in [0.25, 0.3) is 0 Å². The molecule has 0 aliphatic rings. The molecule has 0 heterocycles. The van der Waals surface area contributed by atoms with Gasteiger partial charge in [0.15, 0.2) is 0 Å². The first-order valence-corrected chi connectivity index (χ1v) is 8.13. The van der Waals surface area contributed by atoms with Crippen LogP contribution in [-0.4, -0.2) is 13.1 Å². The van der Waals surface area contributed by atoms with Crippen molar-refractivity contribution in [3.8, 4) is 0 Å². The summed E-state index contributed by atoms with van der Waals surface area (Å²) < 4.78 is 0. The van der Waals surface area contributed by atoms with Crippen molar-refractivity contribution in [1.29, 1.82) is 0 Å². The molecule has 18 heavy (non-hydrogen) atoms. The molecule has 0 saturated carbocycles. The first-order chi connectivity index (χ1) is 8.85. The van der Waals surface area contributed by atoms with E-state index in [4.69, 9.17) is 0 Å². The highest BCUT2D eigenvalue weighted by Crippen LogP contribution is 2.13. The number of rotatable bonds is 14. The van der Waals surface area contributed by atoms with Crippen molar-refractivity contribution < 1.29 is 0 Å². The maximum Gasteiger partial charge on any atom is 0.00640 e. The molecule has 0 radical (unpaired) electrons. The van der Waals surface area contributed by atoms with Crippen LogP contribution in [0.2, 0.25) is 0 Å². The highest BCUT2D eigenvalue weighted by Gasteiger charge is 2.04. The Balaban J connectivity index is 3.32. The van der Waals surface area contributed by atoms with Gasteiger partial charge in [-0.15, -0.1) is 6.58 Å². The molecule has 1 nitrogen and oxygen atoms in total. The Labute approximate surface area is 115 Å². The van der Waals surface area contributed by atoms with Crippen molar-refractivity contribution in [2.24, 2.45) is 0 Å². The normalized spacial score (nSPS) is 12.6. The number of nitrogens with one attached hydrogen (secondary N) is 1. The van der Waals surface area contributed by atoms with Crippen LogP contribution < -0.4 is 5.32 Å². The maximum absolute atomic E-state index is 3.77. The molecule has 1 heteroatoms. The van der Waals surface area contributed by atoms with Gasteiger partial charge in [-0.1, -0.05) is 64.4 Å². The van der Waals surface area contributed by atoms with Gasteiger partial charge >= 0.3 is 0 Å². The Bertz CT molecular complexity index is 165. The molecule has 108 valence electrons.